The maximum absolute atomic E-state index is 11.7. The van der Waals surface area contributed by atoms with Gasteiger partial charge in [-0.15, -0.1) is 0 Å². The van der Waals surface area contributed by atoms with Crippen LogP contribution in [0.5, 0.6) is 5.75 Å². The van der Waals surface area contributed by atoms with E-state index in [0.29, 0.717) is 11.4 Å². The van der Waals surface area contributed by atoms with Crippen molar-refractivity contribution in [2.45, 2.75) is 32.7 Å². The maximum Gasteiger partial charge on any atom is 0.226 e. The molecule has 0 aliphatic heterocycles. The molecule has 1 aromatic rings. The predicted molar refractivity (Wildman–Crippen MR) is 69.2 cm³/mol. The second-order valence-electron chi connectivity index (χ2n) is 4.92. The average Bonchev–Trinajstić information content (AvgIpc) is 2.17. The van der Waals surface area contributed by atoms with Gasteiger partial charge in [0.25, 0.3) is 0 Å². The van der Waals surface area contributed by atoms with Crippen molar-refractivity contribution >= 4 is 11.6 Å². The van der Waals surface area contributed by atoms with Gasteiger partial charge in [0, 0.05) is 12.0 Å². The lowest BCUT2D eigenvalue weighted by molar-refractivity contribution is -0.117. The normalized spacial score (nSPS) is 11.1. The summed E-state index contributed by atoms with van der Waals surface area (Å²) in [7, 11) is 1.58. The molecule has 0 atom stereocenters. The van der Waals surface area contributed by atoms with E-state index in [9.17, 15) is 4.79 Å². The number of carbonyl (C=O) groups is 1. The van der Waals surface area contributed by atoms with E-state index in [4.69, 9.17) is 10.5 Å². The summed E-state index contributed by atoms with van der Waals surface area (Å²) in [5, 5.41) is 2.80. The van der Waals surface area contributed by atoms with Gasteiger partial charge in [0.05, 0.1) is 12.8 Å². The molecule has 1 amide bonds. The number of nitrogens with one attached hydrogen (secondary N) is 1. The van der Waals surface area contributed by atoms with Gasteiger partial charge < -0.3 is 15.8 Å². The van der Waals surface area contributed by atoms with Crippen molar-refractivity contribution in [1.29, 1.82) is 0 Å². The summed E-state index contributed by atoms with van der Waals surface area (Å²) in [5.41, 5.74) is 7.04. The van der Waals surface area contributed by atoms with E-state index < -0.39 is 5.54 Å². The summed E-state index contributed by atoms with van der Waals surface area (Å²) in [6.07, 6.45) is 0.268. The van der Waals surface area contributed by atoms with Crippen LogP contribution in [0, 0.1) is 6.92 Å². The monoisotopic (exact) mass is 236 g/mol. The molecular weight excluding hydrogens is 216 g/mol. The molecule has 0 radical (unpaired) electrons. The molecular formula is C13H20N2O2. The predicted octanol–water partition coefficient (Wildman–Crippen LogP) is 2.07. The van der Waals surface area contributed by atoms with Crippen molar-refractivity contribution in [1.82, 2.24) is 0 Å². The highest BCUT2D eigenvalue weighted by molar-refractivity contribution is 5.92. The van der Waals surface area contributed by atoms with Crippen molar-refractivity contribution in [2.24, 2.45) is 5.73 Å². The summed E-state index contributed by atoms with van der Waals surface area (Å²) in [5.74, 6) is 0.549. The van der Waals surface area contributed by atoms with E-state index in [-0.39, 0.29) is 12.3 Å². The number of carbonyl (C=O) groups excluding carboxylic acids is 1. The van der Waals surface area contributed by atoms with Crippen LogP contribution >= 0.6 is 0 Å². The zero-order chi connectivity index (χ0) is 13.1. The first-order valence-corrected chi connectivity index (χ1v) is 5.55. The zero-order valence-electron chi connectivity index (χ0n) is 10.8. The van der Waals surface area contributed by atoms with Gasteiger partial charge in [0.15, 0.2) is 0 Å². The third kappa shape index (κ3) is 4.44. The molecule has 1 aromatic carbocycles. The molecule has 94 valence electrons. The maximum atomic E-state index is 11.7. The molecule has 0 unspecified atom stereocenters. The first-order chi connectivity index (χ1) is 7.81. The molecule has 4 heteroatoms. The molecule has 0 aliphatic rings. The van der Waals surface area contributed by atoms with Gasteiger partial charge in [-0.05, 0) is 38.5 Å². The molecule has 1 rings (SSSR count). The van der Waals surface area contributed by atoms with Gasteiger partial charge >= 0.3 is 0 Å². The van der Waals surface area contributed by atoms with Gasteiger partial charge in [-0.1, -0.05) is 6.07 Å². The third-order valence-electron chi connectivity index (χ3n) is 2.25. The lowest BCUT2D eigenvalue weighted by Crippen LogP contribution is -2.36. The van der Waals surface area contributed by atoms with Crippen LogP contribution in [0.2, 0.25) is 0 Å². The number of rotatable bonds is 4. The number of hydrogen-bond acceptors (Lipinski definition) is 3. The van der Waals surface area contributed by atoms with Crippen molar-refractivity contribution in [2.75, 3.05) is 12.4 Å². The summed E-state index contributed by atoms with van der Waals surface area (Å²) < 4.78 is 5.21. The van der Waals surface area contributed by atoms with Crippen molar-refractivity contribution in [3.63, 3.8) is 0 Å². The van der Waals surface area contributed by atoms with E-state index in [1.165, 1.54) is 0 Å². The Labute approximate surface area is 102 Å². The van der Waals surface area contributed by atoms with Crippen LogP contribution in [0.15, 0.2) is 18.2 Å². The van der Waals surface area contributed by atoms with Crippen LogP contribution in [0.4, 0.5) is 5.69 Å². The average molecular weight is 236 g/mol. The largest absolute Gasteiger partial charge is 0.495 e. The van der Waals surface area contributed by atoms with Crippen LogP contribution in [-0.2, 0) is 4.79 Å². The second kappa shape index (κ2) is 5.19. The standard InChI is InChI=1S/C13H20N2O2/c1-9-5-6-10(11(7-9)17-4)15-12(16)8-13(2,3)14/h5-7H,8,14H2,1-4H3,(H,15,16). The van der Waals surface area contributed by atoms with Crippen molar-refractivity contribution < 1.29 is 9.53 Å². The Morgan fingerprint density at radius 3 is 2.65 bits per heavy atom. The van der Waals surface area contributed by atoms with Gasteiger partial charge in [-0.25, -0.2) is 0 Å². The fourth-order valence-electron chi connectivity index (χ4n) is 1.51. The molecule has 4 nitrogen and oxygen atoms in total. The molecule has 0 aliphatic carbocycles. The van der Waals surface area contributed by atoms with Crippen LogP contribution in [0.3, 0.4) is 0 Å². The first-order valence-electron chi connectivity index (χ1n) is 5.55. The minimum Gasteiger partial charge on any atom is -0.495 e. The van der Waals surface area contributed by atoms with Crippen LogP contribution < -0.4 is 15.8 Å². The Morgan fingerprint density at radius 2 is 2.12 bits per heavy atom. The first kappa shape index (κ1) is 13.5. The number of methoxy groups -OCH3 is 1. The number of aryl methyl sites for hydroxylation is 1. The van der Waals surface area contributed by atoms with Gasteiger partial charge in [-0.2, -0.15) is 0 Å². The lowest BCUT2D eigenvalue weighted by atomic mass is 10.0. The smallest absolute Gasteiger partial charge is 0.226 e. The Kier molecular flexibility index (Phi) is 4.12. The Hall–Kier alpha value is -1.55. The highest BCUT2D eigenvalue weighted by Crippen LogP contribution is 2.25. The van der Waals surface area contributed by atoms with E-state index >= 15 is 0 Å². The molecule has 0 saturated carbocycles. The zero-order valence-corrected chi connectivity index (χ0v) is 10.8. The number of anilines is 1. The van der Waals surface area contributed by atoms with E-state index in [1.54, 1.807) is 7.11 Å². The van der Waals surface area contributed by atoms with Crippen LogP contribution in [0.25, 0.3) is 0 Å². The molecule has 0 spiro atoms. The number of hydrogen-bond donors (Lipinski definition) is 2. The molecule has 0 heterocycles. The minimum atomic E-state index is -0.512. The highest BCUT2D eigenvalue weighted by Gasteiger charge is 2.17. The van der Waals surface area contributed by atoms with Crippen LogP contribution in [0.1, 0.15) is 25.8 Å². The second-order valence-corrected chi connectivity index (χ2v) is 4.92. The van der Waals surface area contributed by atoms with Crippen LogP contribution in [-0.4, -0.2) is 18.6 Å². The Bertz CT molecular complexity index is 408. The number of nitrogens with two attached hydrogens (primary N) is 1. The fraction of sp³-hybridized carbons (Fsp3) is 0.462. The van der Waals surface area contributed by atoms with E-state index in [0.717, 1.165) is 5.56 Å². The summed E-state index contributed by atoms with van der Waals surface area (Å²) >= 11 is 0. The molecule has 0 aromatic heterocycles. The van der Waals surface area contributed by atoms with Crippen molar-refractivity contribution in [3.8, 4) is 5.75 Å². The Balaban J connectivity index is 2.78. The quantitative estimate of drug-likeness (QED) is 0.841. The SMILES string of the molecule is COc1cc(C)ccc1NC(=O)CC(C)(C)N. The van der Waals surface area contributed by atoms with Crippen molar-refractivity contribution in [3.05, 3.63) is 23.8 Å². The number of benzene rings is 1. The Morgan fingerprint density at radius 1 is 1.47 bits per heavy atom. The lowest BCUT2D eigenvalue weighted by Gasteiger charge is -2.18. The molecule has 0 fully saturated rings. The summed E-state index contributed by atoms with van der Waals surface area (Å²) in [4.78, 5) is 11.7. The summed E-state index contributed by atoms with van der Waals surface area (Å²) in [6, 6.07) is 5.63. The number of ether oxygens (including phenoxy) is 1. The minimum absolute atomic E-state index is 0.111. The topological polar surface area (TPSA) is 64.3 Å². The third-order valence-corrected chi connectivity index (χ3v) is 2.25. The van der Waals surface area contributed by atoms with Gasteiger partial charge in [0.2, 0.25) is 5.91 Å². The van der Waals surface area contributed by atoms with Gasteiger partial charge in [-0.3, -0.25) is 4.79 Å². The fourth-order valence-corrected chi connectivity index (χ4v) is 1.51. The van der Waals surface area contributed by atoms with E-state index in [2.05, 4.69) is 5.32 Å². The van der Waals surface area contributed by atoms with Gasteiger partial charge in [0.1, 0.15) is 5.75 Å². The number of amides is 1. The molecule has 3 N–H and O–H groups in total. The summed E-state index contributed by atoms with van der Waals surface area (Å²) in [6.45, 7) is 5.61. The molecule has 17 heavy (non-hydrogen) atoms. The molecule has 0 bridgehead atoms. The van der Waals surface area contributed by atoms with E-state index in [1.807, 2.05) is 39.0 Å². The molecule has 0 saturated heterocycles. The highest BCUT2D eigenvalue weighted by atomic mass is 16.5.